The van der Waals surface area contributed by atoms with Crippen molar-refractivity contribution in [3.63, 3.8) is 0 Å². The van der Waals surface area contributed by atoms with Crippen LogP contribution >= 0.6 is 0 Å². The van der Waals surface area contributed by atoms with E-state index in [1.54, 1.807) is 0 Å². The minimum atomic E-state index is 0.465. The maximum absolute atomic E-state index is 4.72. The highest BCUT2D eigenvalue weighted by molar-refractivity contribution is 5.80. The first-order valence-electron chi connectivity index (χ1n) is 5.99. The van der Waals surface area contributed by atoms with Crippen LogP contribution in [0.1, 0.15) is 51.0 Å². The average Bonchev–Trinajstić information content (AvgIpc) is 2.52. The van der Waals surface area contributed by atoms with Crippen LogP contribution < -0.4 is 0 Å². The first-order valence-corrected chi connectivity index (χ1v) is 5.99. The molecule has 0 radical (unpaired) electrons. The predicted molar refractivity (Wildman–Crippen MR) is 68.9 cm³/mol. The number of rotatable bonds is 2. The Morgan fingerprint density at radius 2 is 1.81 bits per heavy atom. The van der Waals surface area contributed by atoms with Crippen LogP contribution in [0, 0.1) is 6.92 Å². The van der Waals surface area contributed by atoms with Gasteiger partial charge in [-0.2, -0.15) is 0 Å². The molecule has 16 heavy (non-hydrogen) atoms. The molecule has 0 aliphatic heterocycles. The van der Waals surface area contributed by atoms with Crippen LogP contribution in [0.5, 0.6) is 0 Å². The van der Waals surface area contributed by atoms with Gasteiger partial charge in [-0.15, -0.1) is 0 Å². The molecule has 0 atom stereocenters. The van der Waals surface area contributed by atoms with Gasteiger partial charge in [0.15, 0.2) is 0 Å². The number of aryl methyl sites for hydroxylation is 1. The Morgan fingerprint density at radius 1 is 1.12 bits per heavy atom. The van der Waals surface area contributed by atoms with E-state index in [0.717, 1.165) is 5.82 Å². The molecule has 86 valence electrons. The number of nitrogens with zero attached hydrogens (tertiary/aromatic N) is 2. The van der Waals surface area contributed by atoms with Crippen molar-refractivity contribution in [2.24, 2.45) is 0 Å². The lowest BCUT2D eigenvalue weighted by Crippen LogP contribution is -2.02. The molecular weight excluding hydrogens is 196 g/mol. The van der Waals surface area contributed by atoms with Gasteiger partial charge in [0.25, 0.3) is 0 Å². The molecular formula is C14H20N2. The number of fused-ring (bicyclic) bond motifs is 1. The predicted octanol–water partition coefficient (Wildman–Crippen LogP) is 4.05. The van der Waals surface area contributed by atoms with Gasteiger partial charge in [0.1, 0.15) is 5.82 Å². The second-order valence-corrected chi connectivity index (χ2v) is 4.99. The summed E-state index contributed by atoms with van der Waals surface area (Å²) in [4.78, 5) is 4.72. The molecule has 2 heteroatoms. The van der Waals surface area contributed by atoms with Crippen LogP contribution in [-0.2, 0) is 0 Å². The third-order valence-electron chi connectivity index (χ3n) is 3.07. The summed E-state index contributed by atoms with van der Waals surface area (Å²) in [7, 11) is 0. The van der Waals surface area contributed by atoms with E-state index in [9.17, 15) is 0 Å². The SMILES string of the molecule is Cc1nc2c(C(C)C)cccc2n1C(C)C. The molecule has 2 nitrogen and oxygen atoms in total. The van der Waals surface area contributed by atoms with E-state index in [1.165, 1.54) is 16.6 Å². The Labute approximate surface area is 97.3 Å². The van der Waals surface area contributed by atoms with Gasteiger partial charge in [0.2, 0.25) is 0 Å². The number of benzene rings is 1. The van der Waals surface area contributed by atoms with E-state index in [-0.39, 0.29) is 0 Å². The lowest BCUT2D eigenvalue weighted by molar-refractivity contribution is 0.600. The number of imidazole rings is 1. The number of hydrogen-bond donors (Lipinski definition) is 0. The van der Waals surface area contributed by atoms with Crippen molar-refractivity contribution in [1.29, 1.82) is 0 Å². The summed E-state index contributed by atoms with van der Waals surface area (Å²) in [5.41, 5.74) is 3.78. The van der Waals surface area contributed by atoms with Crippen LogP contribution in [0.2, 0.25) is 0 Å². The quantitative estimate of drug-likeness (QED) is 0.740. The zero-order chi connectivity index (χ0) is 11.9. The summed E-state index contributed by atoms with van der Waals surface area (Å²) in [5, 5.41) is 0. The average molecular weight is 216 g/mol. The molecule has 0 bridgehead atoms. The summed E-state index contributed by atoms with van der Waals surface area (Å²) in [6.45, 7) is 10.9. The highest BCUT2D eigenvalue weighted by Crippen LogP contribution is 2.27. The first-order chi connectivity index (χ1) is 7.52. The van der Waals surface area contributed by atoms with E-state index < -0.39 is 0 Å². The Hall–Kier alpha value is -1.31. The normalized spacial score (nSPS) is 11.9. The van der Waals surface area contributed by atoms with Crippen LogP contribution in [0.3, 0.4) is 0 Å². The van der Waals surface area contributed by atoms with Gasteiger partial charge < -0.3 is 4.57 Å². The van der Waals surface area contributed by atoms with Crippen LogP contribution in [0.4, 0.5) is 0 Å². The second-order valence-electron chi connectivity index (χ2n) is 4.99. The Kier molecular flexibility index (Phi) is 2.75. The largest absolute Gasteiger partial charge is 0.326 e. The number of para-hydroxylation sites is 1. The van der Waals surface area contributed by atoms with E-state index >= 15 is 0 Å². The Balaban J connectivity index is 2.78. The lowest BCUT2D eigenvalue weighted by atomic mass is 10.0. The highest BCUT2D eigenvalue weighted by Gasteiger charge is 2.13. The Bertz CT molecular complexity index is 507. The Morgan fingerprint density at radius 3 is 2.38 bits per heavy atom. The molecule has 0 fully saturated rings. The minimum absolute atomic E-state index is 0.465. The summed E-state index contributed by atoms with van der Waals surface area (Å²) >= 11 is 0. The zero-order valence-electron chi connectivity index (χ0n) is 10.8. The summed E-state index contributed by atoms with van der Waals surface area (Å²) < 4.78 is 2.31. The standard InChI is InChI=1S/C14H20N2/c1-9(2)12-7-6-8-13-14(12)15-11(5)16(13)10(3)4/h6-10H,1-5H3. The molecule has 1 aromatic carbocycles. The molecule has 1 aromatic heterocycles. The van der Waals surface area contributed by atoms with Crippen molar-refractivity contribution in [2.75, 3.05) is 0 Å². The van der Waals surface area contributed by atoms with Crippen molar-refractivity contribution in [3.05, 3.63) is 29.6 Å². The molecule has 2 aromatic rings. The molecule has 0 saturated carbocycles. The van der Waals surface area contributed by atoms with Crippen LogP contribution in [0.15, 0.2) is 18.2 Å². The maximum Gasteiger partial charge on any atom is 0.106 e. The van der Waals surface area contributed by atoms with E-state index in [4.69, 9.17) is 4.98 Å². The van der Waals surface area contributed by atoms with E-state index in [1.807, 2.05) is 0 Å². The fraction of sp³-hybridized carbons (Fsp3) is 0.500. The van der Waals surface area contributed by atoms with E-state index in [0.29, 0.717) is 12.0 Å². The molecule has 0 unspecified atom stereocenters. The molecule has 0 spiro atoms. The minimum Gasteiger partial charge on any atom is -0.326 e. The van der Waals surface area contributed by atoms with Crippen molar-refractivity contribution >= 4 is 11.0 Å². The fourth-order valence-corrected chi connectivity index (χ4v) is 2.37. The van der Waals surface area contributed by atoms with Crippen LogP contribution in [-0.4, -0.2) is 9.55 Å². The molecule has 0 aliphatic carbocycles. The fourth-order valence-electron chi connectivity index (χ4n) is 2.37. The van der Waals surface area contributed by atoms with Crippen molar-refractivity contribution in [2.45, 2.75) is 46.6 Å². The number of hydrogen-bond acceptors (Lipinski definition) is 1. The third-order valence-corrected chi connectivity index (χ3v) is 3.07. The van der Waals surface area contributed by atoms with Gasteiger partial charge in [-0.25, -0.2) is 4.98 Å². The molecule has 0 aliphatic rings. The van der Waals surface area contributed by atoms with Gasteiger partial charge >= 0.3 is 0 Å². The maximum atomic E-state index is 4.72. The molecule has 0 amide bonds. The molecule has 2 rings (SSSR count). The summed E-state index contributed by atoms with van der Waals surface area (Å²) in [6.07, 6.45) is 0. The van der Waals surface area contributed by atoms with Gasteiger partial charge in [-0.3, -0.25) is 0 Å². The van der Waals surface area contributed by atoms with Crippen molar-refractivity contribution in [1.82, 2.24) is 9.55 Å². The van der Waals surface area contributed by atoms with Crippen molar-refractivity contribution in [3.8, 4) is 0 Å². The lowest BCUT2D eigenvalue weighted by Gasteiger charge is -2.11. The van der Waals surface area contributed by atoms with Crippen molar-refractivity contribution < 1.29 is 0 Å². The molecule has 1 heterocycles. The summed E-state index contributed by atoms with van der Waals surface area (Å²) in [5.74, 6) is 1.64. The smallest absolute Gasteiger partial charge is 0.106 e. The van der Waals surface area contributed by atoms with Gasteiger partial charge in [-0.05, 0) is 38.3 Å². The monoisotopic (exact) mass is 216 g/mol. The van der Waals surface area contributed by atoms with Crippen LogP contribution in [0.25, 0.3) is 11.0 Å². The van der Waals surface area contributed by atoms with Gasteiger partial charge in [0, 0.05) is 6.04 Å². The second kappa shape index (κ2) is 3.93. The number of aromatic nitrogens is 2. The third kappa shape index (κ3) is 1.62. The van der Waals surface area contributed by atoms with E-state index in [2.05, 4.69) is 57.4 Å². The van der Waals surface area contributed by atoms with Gasteiger partial charge in [-0.1, -0.05) is 26.0 Å². The molecule has 0 saturated heterocycles. The topological polar surface area (TPSA) is 17.8 Å². The summed E-state index contributed by atoms with van der Waals surface area (Å²) in [6, 6.07) is 6.95. The zero-order valence-corrected chi connectivity index (χ0v) is 10.8. The first kappa shape index (κ1) is 11.2. The highest BCUT2D eigenvalue weighted by atomic mass is 15.1. The van der Waals surface area contributed by atoms with Gasteiger partial charge in [0.05, 0.1) is 11.0 Å². The molecule has 0 N–H and O–H groups in total.